The summed E-state index contributed by atoms with van der Waals surface area (Å²) >= 11 is 9.03. The van der Waals surface area contributed by atoms with Gasteiger partial charge in [-0.25, -0.2) is 9.78 Å². The van der Waals surface area contributed by atoms with E-state index in [0.717, 1.165) is 16.0 Å². The zero-order valence-corrected chi connectivity index (χ0v) is 19.3. The summed E-state index contributed by atoms with van der Waals surface area (Å²) in [6.45, 7) is 2.33. The van der Waals surface area contributed by atoms with Gasteiger partial charge in [-0.3, -0.25) is 13.9 Å². The third kappa shape index (κ3) is 3.04. The molecule has 4 aromatic heterocycles. The summed E-state index contributed by atoms with van der Waals surface area (Å²) in [5.41, 5.74) is 2.07. The molecule has 162 valence electrons. The predicted octanol–water partition coefficient (Wildman–Crippen LogP) is 2.91. The van der Waals surface area contributed by atoms with Crippen LogP contribution in [0.4, 0.5) is 0 Å². The van der Waals surface area contributed by atoms with Gasteiger partial charge in [-0.2, -0.15) is 0 Å². The number of rotatable bonds is 3. The first-order valence-electron chi connectivity index (χ1n) is 9.58. The van der Waals surface area contributed by atoms with Crippen molar-refractivity contribution in [3.63, 3.8) is 0 Å². The molecule has 5 heterocycles. The van der Waals surface area contributed by atoms with Gasteiger partial charge in [0.1, 0.15) is 16.0 Å². The summed E-state index contributed by atoms with van der Waals surface area (Å²) < 4.78 is 10.4. The van der Waals surface area contributed by atoms with Gasteiger partial charge in [0.15, 0.2) is 5.22 Å². The van der Waals surface area contributed by atoms with Gasteiger partial charge in [0.2, 0.25) is 0 Å². The molecular formula is C20H19ClN4O4S2. The number of aromatic nitrogens is 4. The molecule has 0 radical (unpaired) electrons. The van der Waals surface area contributed by atoms with Crippen molar-refractivity contribution in [1.29, 1.82) is 0 Å². The van der Waals surface area contributed by atoms with Crippen LogP contribution in [0.15, 0.2) is 31.5 Å². The normalized spacial score (nSPS) is 18.6. The van der Waals surface area contributed by atoms with E-state index in [1.165, 1.54) is 34.7 Å². The molecule has 0 aliphatic carbocycles. The molecule has 31 heavy (non-hydrogen) atoms. The highest BCUT2D eigenvalue weighted by Gasteiger charge is 2.38. The Bertz CT molecular complexity index is 1440. The van der Waals surface area contributed by atoms with Crippen molar-refractivity contribution < 1.29 is 9.52 Å². The number of aliphatic hydroxyl groups is 1. The fourth-order valence-corrected chi connectivity index (χ4v) is 6.50. The molecule has 0 fully saturated rings. The molecule has 4 aromatic rings. The molecule has 0 saturated carbocycles. The quantitative estimate of drug-likeness (QED) is 0.486. The van der Waals surface area contributed by atoms with Gasteiger partial charge in [-0.05, 0) is 30.7 Å². The molecule has 0 saturated heterocycles. The Labute approximate surface area is 189 Å². The fourth-order valence-electron chi connectivity index (χ4n) is 4.16. The molecule has 1 aliphatic heterocycles. The molecular weight excluding hydrogens is 460 g/mol. The lowest BCUT2D eigenvalue weighted by atomic mass is 10.2. The number of nitrogens with zero attached hydrogens (tertiary/aromatic N) is 4. The minimum absolute atomic E-state index is 0.0448. The number of aryl methyl sites for hydroxylation is 2. The smallest absolute Gasteiger partial charge is 0.331 e. The fraction of sp³-hybridized carbons (Fsp3) is 0.350. The van der Waals surface area contributed by atoms with E-state index < -0.39 is 5.69 Å². The van der Waals surface area contributed by atoms with Gasteiger partial charge in [0.25, 0.3) is 5.56 Å². The second-order valence-electron chi connectivity index (χ2n) is 7.53. The molecule has 1 N–H and O–H groups in total. The van der Waals surface area contributed by atoms with Gasteiger partial charge >= 0.3 is 5.69 Å². The minimum Gasteiger partial charge on any atom is -0.448 e. The van der Waals surface area contributed by atoms with Crippen LogP contribution in [0.5, 0.6) is 0 Å². The van der Waals surface area contributed by atoms with Gasteiger partial charge in [0, 0.05) is 37.0 Å². The van der Waals surface area contributed by atoms with Gasteiger partial charge < -0.3 is 14.1 Å². The molecule has 11 heteroatoms. The molecule has 8 nitrogen and oxygen atoms in total. The van der Waals surface area contributed by atoms with Crippen molar-refractivity contribution in [2.45, 2.75) is 24.0 Å². The van der Waals surface area contributed by atoms with E-state index >= 15 is 0 Å². The molecule has 0 unspecified atom stereocenters. The van der Waals surface area contributed by atoms with Gasteiger partial charge in [-0.15, -0.1) is 23.1 Å². The monoisotopic (exact) mass is 478 g/mol. The van der Waals surface area contributed by atoms with Gasteiger partial charge in [0.05, 0.1) is 28.9 Å². The van der Waals surface area contributed by atoms with Crippen molar-refractivity contribution in [2.24, 2.45) is 14.1 Å². The van der Waals surface area contributed by atoms with E-state index in [0.29, 0.717) is 33.9 Å². The van der Waals surface area contributed by atoms with Crippen LogP contribution in [-0.2, 0) is 20.6 Å². The maximum absolute atomic E-state index is 13.3. The molecule has 0 amide bonds. The van der Waals surface area contributed by atoms with E-state index in [2.05, 4.69) is 4.98 Å². The van der Waals surface area contributed by atoms with Crippen LogP contribution < -0.4 is 11.2 Å². The lowest BCUT2D eigenvalue weighted by Crippen LogP contribution is -2.37. The van der Waals surface area contributed by atoms with Crippen molar-refractivity contribution in [3.8, 4) is 10.7 Å². The van der Waals surface area contributed by atoms with Crippen LogP contribution in [0.2, 0.25) is 5.22 Å². The number of hydrogen-bond donors (Lipinski definition) is 1. The number of halogens is 1. The van der Waals surface area contributed by atoms with Crippen molar-refractivity contribution in [2.75, 3.05) is 6.61 Å². The molecule has 1 aliphatic rings. The summed E-state index contributed by atoms with van der Waals surface area (Å²) in [4.78, 5) is 30.8. The summed E-state index contributed by atoms with van der Waals surface area (Å²) in [6.07, 6.45) is 0. The Balaban J connectivity index is 1.96. The molecule has 2 atom stereocenters. The van der Waals surface area contributed by atoms with E-state index in [-0.39, 0.29) is 27.9 Å². The number of fused-ring (bicyclic) bond motifs is 3. The summed E-state index contributed by atoms with van der Waals surface area (Å²) in [5.74, 6) is 0.601. The maximum Gasteiger partial charge on any atom is 0.331 e. The Morgan fingerprint density at radius 1 is 1.29 bits per heavy atom. The van der Waals surface area contributed by atoms with Crippen molar-refractivity contribution in [3.05, 3.63) is 60.7 Å². The van der Waals surface area contributed by atoms with Crippen LogP contribution in [0, 0.1) is 6.92 Å². The topological polar surface area (TPSA) is 95.2 Å². The predicted molar refractivity (Wildman–Crippen MR) is 122 cm³/mol. The van der Waals surface area contributed by atoms with Crippen LogP contribution >= 0.6 is 34.7 Å². The molecule has 0 spiro atoms. The van der Waals surface area contributed by atoms with Crippen LogP contribution in [0.1, 0.15) is 22.4 Å². The number of thioether (sulfide) groups is 1. The molecule has 5 rings (SSSR count). The minimum atomic E-state index is -0.404. The first kappa shape index (κ1) is 20.6. The van der Waals surface area contributed by atoms with Crippen LogP contribution in [-0.4, -0.2) is 35.6 Å². The summed E-state index contributed by atoms with van der Waals surface area (Å²) in [6, 6.07) is 3.45. The lowest BCUT2D eigenvalue weighted by Gasteiger charge is -2.30. The molecule has 0 aromatic carbocycles. The second kappa shape index (κ2) is 7.40. The zero-order chi connectivity index (χ0) is 22.0. The highest BCUT2D eigenvalue weighted by Crippen LogP contribution is 2.49. The highest BCUT2D eigenvalue weighted by molar-refractivity contribution is 8.00. The Morgan fingerprint density at radius 3 is 2.68 bits per heavy atom. The third-order valence-electron chi connectivity index (χ3n) is 5.55. The first-order chi connectivity index (χ1) is 14.8. The summed E-state index contributed by atoms with van der Waals surface area (Å²) in [7, 11) is 3.14. The summed E-state index contributed by atoms with van der Waals surface area (Å²) in [5, 5.41) is 12.8. The number of hydrogen-bond acceptors (Lipinski definition) is 7. The number of aliphatic hydroxyl groups excluding tert-OH is 1. The van der Waals surface area contributed by atoms with Crippen LogP contribution in [0.25, 0.3) is 21.6 Å². The molecule has 0 bridgehead atoms. The van der Waals surface area contributed by atoms with Crippen LogP contribution in [0.3, 0.4) is 0 Å². The van der Waals surface area contributed by atoms with Gasteiger partial charge in [-0.1, -0.05) is 0 Å². The average molecular weight is 479 g/mol. The largest absolute Gasteiger partial charge is 0.448 e. The van der Waals surface area contributed by atoms with E-state index in [9.17, 15) is 14.7 Å². The SMILES string of the molecule is Cc1csc(-c2c3c(=O)n(C)c(=O)n(C)c3c3n2C[C@@H](CO)S[C@@H]3c2ccc(Cl)o2)n1. The van der Waals surface area contributed by atoms with E-state index in [1.807, 2.05) is 16.9 Å². The second-order valence-corrected chi connectivity index (χ2v) is 10.2. The standard InChI is InChI=1S/C20H19ClN4O4S2/c1-9-8-30-18(22-9)15-13-14(23(2)20(28)24(3)19(13)27)16-17(11-4-5-12(21)29-11)31-10(7-26)6-25(15)16/h4-5,8,10,17,26H,6-7H2,1-3H3/t10-,17+/m0/s1. The zero-order valence-electron chi connectivity index (χ0n) is 17.0. The number of thiazole rings is 1. The van der Waals surface area contributed by atoms with Crippen molar-refractivity contribution in [1.82, 2.24) is 18.7 Å². The lowest BCUT2D eigenvalue weighted by molar-refractivity contribution is 0.283. The average Bonchev–Trinajstić information content (AvgIpc) is 3.46. The maximum atomic E-state index is 13.3. The number of furan rings is 1. The highest BCUT2D eigenvalue weighted by atomic mass is 35.5. The first-order valence-corrected chi connectivity index (χ1v) is 11.8. The third-order valence-corrected chi connectivity index (χ3v) is 8.13. The van der Waals surface area contributed by atoms with E-state index in [4.69, 9.17) is 16.0 Å². The van der Waals surface area contributed by atoms with Crippen molar-refractivity contribution >= 4 is 45.6 Å². The Kier molecular flexibility index (Phi) is 4.93. The Hall–Kier alpha value is -2.27. The Morgan fingerprint density at radius 2 is 2.06 bits per heavy atom. The van der Waals surface area contributed by atoms with E-state index in [1.54, 1.807) is 19.2 Å².